The molecule has 1 aromatic rings. The molecule has 4 aliphatic rings. The average Bonchev–Trinajstić information content (AvgIpc) is 3.51. The fourth-order valence-corrected chi connectivity index (χ4v) is 10.4. The highest BCUT2D eigenvalue weighted by Crippen LogP contribution is 2.68. The lowest BCUT2D eigenvalue weighted by Gasteiger charge is -2.62. The third-order valence-electron chi connectivity index (χ3n) is 12.2. The van der Waals surface area contributed by atoms with Crippen molar-refractivity contribution < 1.29 is 4.79 Å². The van der Waals surface area contributed by atoms with E-state index in [0.717, 1.165) is 60.6 Å². The summed E-state index contributed by atoms with van der Waals surface area (Å²) in [6.45, 7) is 11.1. The van der Waals surface area contributed by atoms with E-state index < -0.39 is 0 Å². The highest BCUT2D eigenvalue weighted by atomic mass is 16.2. The third-order valence-corrected chi connectivity index (χ3v) is 12.2. The number of hydrogen-bond donors (Lipinski definition) is 2. The summed E-state index contributed by atoms with van der Waals surface area (Å²) < 4.78 is 0. The van der Waals surface area contributed by atoms with E-state index in [1.165, 1.54) is 64.2 Å². The molecular weight excluding hydrogens is 444 g/mol. The molecule has 9 atom stereocenters. The molecule has 36 heavy (non-hydrogen) atoms. The van der Waals surface area contributed by atoms with E-state index in [9.17, 15) is 4.79 Å². The molecule has 1 heterocycles. The van der Waals surface area contributed by atoms with Gasteiger partial charge in [0.05, 0.1) is 18.6 Å². The van der Waals surface area contributed by atoms with E-state index in [0.29, 0.717) is 16.9 Å². The number of aromatic amines is 1. The van der Waals surface area contributed by atoms with Gasteiger partial charge in [0.1, 0.15) is 0 Å². The highest BCUT2D eigenvalue weighted by Gasteiger charge is 2.60. The first-order valence-corrected chi connectivity index (χ1v) is 15.3. The van der Waals surface area contributed by atoms with Gasteiger partial charge in [-0.1, -0.05) is 40.5 Å². The van der Waals surface area contributed by atoms with Gasteiger partial charge in [-0.15, -0.1) is 0 Å². The number of carbonyl (C=O) groups is 1. The van der Waals surface area contributed by atoms with E-state index in [-0.39, 0.29) is 12.5 Å². The summed E-state index contributed by atoms with van der Waals surface area (Å²) in [5, 5.41) is 0. The Labute approximate surface area is 219 Å². The van der Waals surface area contributed by atoms with Gasteiger partial charge in [0.2, 0.25) is 5.91 Å². The standard InChI is InChI=1S/C31H52N4O/c1-5-6-21(2)26-9-10-27-25-8-7-22-17-24(11-14-30(22,3)28(25)12-15-31(26,27)4)35(29(36)18-32)16-13-23-19-33-20-34-23/h19-22,24-28H,5-18,32H2,1-4H3,(H,33,34)/t21-,22?,24?,25?,26-,27?,28?,30+,31-/m1/s1. The molecule has 5 rings (SSSR count). The van der Waals surface area contributed by atoms with Crippen molar-refractivity contribution in [2.45, 2.75) is 111 Å². The molecule has 0 aliphatic heterocycles. The molecule has 0 saturated heterocycles. The van der Waals surface area contributed by atoms with Gasteiger partial charge in [-0.25, -0.2) is 4.98 Å². The lowest BCUT2D eigenvalue weighted by molar-refractivity contribution is -0.142. The summed E-state index contributed by atoms with van der Waals surface area (Å²) in [5.74, 6) is 5.45. The minimum Gasteiger partial charge on any atom is -0.351 e. The number of carbonyl (C=O) groups excluding carboxylic acids is 1. The van der Waals surface area contributed by atoms with Crippen LogP contribution in [0.3, 0.4) is 0 Å². The zero-order chi connectivity index (χ0) is 25.5. The molecule has 5 nitrogen and oxygen atoms in total. The van der Waals surface area contributed by atoms with Crippen LogP contribution in [0, 0.1) is 46.3 Å². The van der Waals surface area contributed by atoms with E-state index in [1.54, 1.807) is 6.33 Å². The van der Waals surface area contributed by atoms with E-state index in [2.05, 4.69) is 42.6 Å². The van der Waals surface area contributed by atoms with Crippen molar-refractivity contribution in [1.29, 1.82) is 0 Å². The number of rotatable bonds is 8. The summed E-state index contributed by atoms with van der Waals surface area (Å²) in [7, 11) is 0. The fourth-order valence-electron chi connectivity index (χ4n) is 10.4. The second kappa shape index (κ2) is 10.4. The SMILES string of the molecule is CCC[C@@H](C)[C@H]1CCC2C3CCC4CC(N(CCc5c[nH]cn5)C(=O)CN)CC[C@]4(C)C3CC[C@@]21C. The maximum absolute atomic E-state index is 12.9. The van der Waals surface area contributed by atoms with Crippen LogP contribution in [0.25, 0.3) is 0 Å². The number of nitrogens with two attached hydrogens (primary N) is 1. The topological polar surface area (TPSA) is 75.0 Å². The van der Waals surface area contributed by atoms with Gasteiger partial charge in [0.25, 0.3) is 0 Å². The highest BCUT2D eigenvalue weighted by molar-refractivity contribution is 5.78. The van der Waals surface area contributed by atoms with Crippen molar-refractivity contribution in [3.8, 4) is 0 Å². The van der Waals surface area contributed by atoms with Gasteiger partial charge >= 0.3 is 0 Å². The first-order chi connectivity index (χ1) is 17.3. The molecule has 4 fully saturated rings. The van der Waals surface area contributed by atoms with Crippen molar-refractivity contribution in [2.75, 3.05) is 13.1 Å². The zero-order valence-electron chi connectivity index (χ0n) is 23.5. The summed E-state index contributed by atoms with van der Waals surface area (Å²) in [5.41, 5.74) is 7.93. The number of H-pyrrole nitrogens is 1. The van der Waals surface area contributed by atoms with Crippen LogP contribution in [-0.4, -0.2) is 39.9 Å². The van der Waals surface area contributed by atoms with Crippen molar-refractivity contribution in [2.24, 2.45) is 52.1 Å². The smallest absolute Gasteiger partial charge is 0.236 e. The lowest BCUT2D eigenvalue weighted by Crippen LogP contribution is -2.56. The van der Waals surface area contributed by atoms with Gasteiger partial charge in [0.15, 0.2) is 0 Å². The molecule has 0 radical (unpaired) electrons. The first kappa shape index (κ1) is 26.3. The monoisotopic (exact) mass is 496 g/mol. The molecule has 0 bridgehead atoms. The molecule has 0 aromatic carbocycles. The summed E-state index contributed by atoms with van der Waals surface area (Å²) in [4.78, 5) is 22.4. The van der Waals surface area contributed by atoms with E-state index in [4.69, 9.17) is 5.73 Å². The molecule has 3 N–H and O–H groups in total. The largest absolute Gasteiger partial charge is 0.351 e. The Hall–Kier alpha value is -1.36. The van der Waals surface area contributed by atoms with Crippen LogP contribution in [0.15, 0.2) is 12.5 Å². The Morgan fingerprint density at radius 2 is 1.92 bits per heavy atom. The molecule has 1 amide bonds. The maximum Gasteiger partial charge on any atom is 0.236 e. The second-order valence-corrected chi connectivity index (χ2v) is 13.7. The summed E-state index contributed by atoms with van der Waals surface area (Å²) in [6.07, 6.45) is 19.4. The van der Waals surface area contributed by atoms with Crippen LogP contribution < -0.4 is 5.73 Å². The predicted molar refractivity (Wildman–Crippen MR) is 146 cm³/mol. The molecule has 0 spiro atoms. The normalized spacial score (nSPS) is 40.7. The Morgan fingerprint density at radius 1 is 1.14 bits per heavy atom. The van der Waals surface area contributed by atoms with Crippen LogP contribution in [0.5, 0.6) is 0 Å². The van der Waals surface area contributed by atoms with E-state index in [1.807, 2.05) is 6.20 Å². The Balaban J connectivity index is 1.28. The van der Waals surface area contributed by atoms with Crippen LogP contribution in [-0.2, 0) is 11.2 Å². The van der Waals surface area contributed by atoms with Crippen molar-refractivity contribution in [1.82, 2.24) is 14.9 Å². The Morgan fingerprint density at radius 3 is 2.64 bits per heavy atom. The van der Waals surface area contributed by atoms with Gasteiger partial charge in [-0.3, -0.25) is 4.79 Å². The van der Waals surface area contributed by atoms with Gasteiger partial charge in [0, 0.05) is 25.2 Å². The zero-order valence-corrected chi connectivity index (χ0v) is 23.5. The molecule has 5 heteroatoms. The fraction of sp³-hybridized carbons (Fsp3) is 0.871. The second-order valence-electron chi connectivity index (χ2n) is 13.7. The predicted octanol–water partition coefficient (Wildman–Crippen LogP) is 6.20. The van der Waals surface area contributed by atoms with Crippen LogP contribution in [0.2, 0.25) is 0 Å². The van der Waals surface area contributed by atoms with Crippen molar-refractivity contribution in [3.05, 3.63) is 18.2 Å². The minimum absolute atomic E-state index is 0.111. The van der Waals surface area contributed by atoms with Crippen LogP contribution in [0.4, 0.5) is 0 Å². The van der Waals surface area contributed by atoms with Crippen molar-refractivity contribution in [3.63, 3.8) is 0 Å². The average molecular weight is 497 g/mol. The molecule has 4 saturated carbocycles. The summed E-state index contributed by atoms with van der Waals surface area (Å²) in [6, 6.07) is 0.342. The van der Waals surface area contributed by atoms with Crippen LogP contribution >= 0.6 is 0 Å². The van der Waals surface area contributed by atoms with Crippen LogP contribution in [0.1, 0.15) is 104 Å². The number of nitrogens with zero attached hydrogens (tertiary/aromatic N) is 2. The quantitative estimate of drug-likeness (QED) is 0.450. The minimum atomic E-state index is 0.111. The lowest BCUT2D eigenvalue weighted by atomic mass is 9.44. The number of hydrogen-bond acceptors (Lipinski definition) is 3. The number of nitrogens with one attached hydrogen (secondary N) is 1. The molecule has 1 aromatic heterocycles. The van der Waals surface area contributed by atoms with E-state index >= 15 is 0 Å². The maximum atomic E-state index is 12.9. The third kappa shape index (κ3) is 4.46. The number of aromatic nitrogens is 2. The van der Waals surface area contributed by atoms with Gasteiger partial charge < -0.3 is 15.6 Å². The molecule has 202 valence electrons. The van der Waals surface area contributed by atoms with Gasteiger partial charge in [-0.05, 0) is 104 Å². The molecular formula is C31H52N4O. The Kier molecular flexibility index (Phi) is 7.60. The Bertz CT molecular complexity index is 885. The first-order valence-electron chi connectivity index (χ1n) is 15.3. The summed E-state index contributed by atoms with van der Waals surface area (Å²) >= 11 is 0. The molecule has 5 unspecified atom stereocenters. The number of amides is 1. The van der Waals surface area contributed by atoms with Crippen molar-refractivity contribution >= 4 is 5.91 Å². The van der Waals surface area contributed by atoms with Gasteiger partial charge in [-0.2, -0.15) is 0 Å². The number of imidazole rings is 1. The molecule has 4 aliphatic carbocycles. The number of fused-ring (bicyclic) bond motifs is 5.